The molecule has 2 amide bonds. The molecule has 1 rings (SSSR count). The van der Waals surface area contributed by atoms with E-state index in [0.29, 0.717) is 11.6 Å². The van der Waals surface area contributed by atoms with E-state index in [1.807, 2.05) is 20.8 Å². The molecule has 1 atom stereocenters. The second kappa shape index (κ2) is 6.03. The molecule has 1 aliphatic rings. The Morgan fingerprint density at radius 2 is 2.25 bits per heavy atom. The van der Waals surface area contributed by atoms with Gasteiger partial charge in [-0.25, -0.2) is 0 Å². The number of aliphatic imine (C=N–C) groups is 1. The van der Waals surface area contributed by atoms with E-state index < -0.39 is 0 Å². The van der Waals surface area contributed by atoms with E-state index >= 15 is 0 Å². The molecule has 90 valence electrons. The van der Waals surface area contributed by atoms with E-state index in [-0.39, 0.29) is 23.0 Å². The minimum atomic E-state index is -0.138. The summed E-state index contributed by atoms with van der Waals surface area (Å²) in [6.45, 7) is 5.99. The van der Waals surface area contributed by atoms with E-state index in [1.54, 1.807) is 0 Å². The molecule has 0 aromatic rings. The Kier molecular flexibility index (Phi) is 4.99. The number of carbonyl (C=O) groups is 2. The fourth-order valence-corrected chi connectivity index (χ4v) is 2.34. The highest BCUT2D eigenvalue weighted by molar-refractivity contribution is 8.15. The van der Waals surface area contributed by atoms with Crippen LogP contribution in [-0.4, -0.2) is 22.2 Å². The Balaban J connectivity index is 2.43. The first-order valence-electron chi connectivity index (χ1n) is 5.63. The van der Waals surface area contributed by atoms with Crippen molar-refractivity contribution >= 4 is 28.7 Å². The molecule has 1 aliphatic heterocycles. The molecule has 0 aromatic carbocycles. The summed E-state index contributed by atoms with van der Waals surface area (Å²) in [5.41, 5.74) is 0. The second-order valence-corrected chi connectivity index (χ2v) is 5.32. The van der Waals surface area contributed by atoms with E-state index in [9.17, 15) is 9.59 Å². The molecule has 0 aliphatic carbocycles. The summed E-state index contributed by atoms with van der Waals surface area (Å²) in [7, 11) is 0. The van der Waals surface area contributed by atoms with Gasteiger partial charge in [0.15, 0.2) is 5.17 Å². The zero-order valence-electron chi connectivity index (χ0n) is 9.95. The van der Waals surface area contributed by atoms with Crippen LogP contribution in [0.2, 0.25) is 0 Å². The van der Waals surface area contributed by atoms with Crippen LogP contribution in [0.5, 0.6) is 0 Å². The lowest BCUT2D eigenvalue weighted by Crippen LogP contribution is -2.27. The smallest absolute Gasteiger partial charge is 0.261 e. The maximum Gasteiger partial charge on any atom is 0.261 e. The van der Waals surface area contributed by atoms with Crippen LogP contribution in [0.1, 0.15) is 40.0 Å². The highest BCUT2D eigenvalue weighted by Gasteiger charge is 2.31. The van der Waals surface area contributed by atoms with Crippen molar-refractivity contribution in [1.82, 2.24) is 5.32 Å². The third-order valence-corrected chi connectivity index (χ3v) is 3.72. The highest BCUT2D eigenvalue weighted by Crippen LogP contribution is 2.27. The molecule has 0 saturated heterocycles. The van der Waals surface area contributed by atoms with Crippen molar-refractivity contribution in [2.45, 2.75) is 45.3 Å². The average Bonchev–Trinajstić information content (AvgIpc) is 2.56. The lowest BCUT2D eigenvalue weighted by molar-refractivity contribution is -0.119. The fourth-order valence-electron chi connectivity index (χ4n) is 1.36. The summed E-state index contributed by atoms with van der Waals surface area (Å²) < 4.78 is 0. The number of nitrogens with zero attached hydrogens (tertiary/aromatic N) is 1. The number of amides is 2. The van der Waals surface area contributed by atoms with Gasteiger partial charge in [0.1, 0.15) is 0 Å². The third kappa shape index (κ3) is 3.63. The van der Waals surface area contributed by atoms with Gasteiger partial charge in [-0.05, 0) is 12.3 Å². The predicted octanol–water partition coefficient (Wildman–Crippen LogP) is 1.95. The van der Waals surface area contributed by atoms with Gasteiger partial charge in [-0.2, -0.15) is 4.99 Å². The van der Waals surface area contributed by atoms with Crippen molar-refractivity contribution in [3.63, 3.8) is 0 Å². The van der Waals surface area contributed by atoms with Crippen molar-refractivity contribution in [1.29, 1.82) is 0 Å². The van der Waals surface area contributed by atoms with Crippen LogP contribution >= 0.6 is 11.8 Å². The number of amidine groups is 1. The predicted molar refractivity (Wildman–Crippen MR) is 66.3 cm³/mol. The molecule has 0 unspecified atom stereocenters. The summed E-state index contributed by atoms with van der Waals surface area (Å²) in [5.74, 6) is 0.0578. The monoisotopic (exact) mass is 242 g/mol. The molecule has 4 nitrogen and oxygen atoms in total. The van der Waals surface area contributed by atoms with Crippen molar-refractivity contribution in [3.05, 3.63) is 0 Å². The van der Waals surface area contributed by atoms with E-state index in [1.165, 1.54) is 11.8 Å². The van der Waals surface area contributed by atoms with Gasteiger partial charge in [0.25, 0.3) is 5.91 Å². The molecule has 1 N–H and O–H groups in total. The molecule has 0 radical (unpaired) electrons. The topological polar surface area (TPSA) is 58.5 Å². The first-order chi connectivity index (χ1) is 7.54. The van der Waals surface area contributed by atoms with Gasteiger partial charge in [-0.3, -0.25) is 9.59 Å². The van der Waals surface area contributed by atoms with Gasteiger partial charge in [0.05, 0.1) is 5.25 Å². The first kappa shape index (κ1) is 13.2. The van der Waals surface area contributed by atoms with Crippen LogP contribution < -0.4 is 5.32 Å². The summed E-state index contributed by atoms with van der Waals surface area (Å²) in [6.07, 6.45) is 2.35. The number of unbranched alkanes of at least 4 members (excludes halogenated alkanes) is 1. The molecule has 0 bridgehead atoms. The fraction of sp³-hybridized carbons (Fsp3) is 0.727. The molecule has 0 aromatic heterocycles. The van der Waals surface area contributed by atoms with Gasteiger partial charge in [-0.1, -0.05) is 39.0 Å². The summed E-state index contributed by atoms with van der Waals surface area (Å²) >= 11 is 1.36. The molecule has 0 saturated carbocycles. The third-order valence-electron chi connectivity index (χ3n) is 2.30. The molecular formula is C11H18N2O2S. The number of hydrogen-bond acceptors (Lipinski definition) is 3. The quantitative estimate of drug-likeness (QED) is 0.819. The zero-order chi connectivity index (χ0) is 12.1. The number of nitrogens with one attached hydrogen (secondary N) is 1. The number of carbonyl (C=O) groups excluding carboxylic acids is 2. The molecule has 16 heavy (non-hydrogen) atoms. The second-order valence-electron chi connectivity index (χ2n) is 4.19. The molecule has 0 spiro atoms. The highest BCUT2D eigenvalue weighted by atomic mass is 32.2. The maximum atomic E-state index is 11.5. The standard InChI is InChI=1S/C11H18N2O2S/c1-4-5-6-8(14)12-11-13-10(15)9(16-11)7(2)3/h7,9H,4-6H2,1-3H3,(H,12,13,14,15)/t9-/m1/s1. The summed E-state index contributed by atoms with van der Waals surface area (Å²) in [6, 6.07) is 0. The van der Waals surface area contributed by atoms with Crippen molar-refractivity contribution in [3.8, 4) is 0 Å². The van der Waals surface area contributed by atoms with Crippen molar-refractivity contribution < 1.29 is 9.59 Å². The van der Waals surface area contributed by atoms with Gasteiger partial charge in [0.2, 0.25) is 5.91 Å². The Hall–Kier alpha value is -0.840. The van der Waals surface area contributed by atoms with E-state index in [4.69, 9.17) is 0 Å². The Morgan fingerprint density at radius 3 is 2.75 bits per heavy atom. The van der Waals surface area contributed by atoms with Crippen LogP contribution in [0.15, 0.2) is 4.99 Å². The SMILES string of the molecule is CCCCC(=O)NC1=NC(=O)[C@@H](C(C)C)S1. The Bertz CT molecular complexity index is 313. The van der Waals surface area contributed by atoms with Crippen LogP contribution in [-0.2, 0) is 9.59 Å². The average molecular weight is 242 g/mol. The number of hydrogen-bond donors (Lipinski definition) is 1. The first-order valence-corrected chi connectivity index (χ1v) is 6.51. The van der Waals surface area contributed by atoms with Crippen LogP contribution in [0, 0.1) is 5.92 Å². The van der Waals surface area contributed by atoms with Crippen LogP contribution in [0.3, 0.4) is 0 Å². The van der Waals surface area contributed by atoms with Gasteiger partial charge >= 0.3 is 0 Å². The normalized spacial score (nSPS) is 20.1. The summed E-state index contributed by atoms with van der Waals surface area (Å²) in [4.78, 5) is 26.7. The number of thioether (sulfide) groups is 1. The molecule has 1 heterocycles. The van der Waals surface area contributed by atoms with E-state index in [0.717, 1.165) is 12.8 Å². The van der Waals surface area contributed by atoms with Crippen molar-refractivity contribution in [2.75, 3.05) is 0 Å². The van der Waals surface area contributed by atoms with Gasteiger partial charge in [-0.15, -0.1) is 0 Å². The minimum absolute atomic E-state index is 0.0506. The lowest BCUT2D eigenvalue weighted by Gasteiger charge is -2.10. The van der Waals surface area contributed by atoms with Crippen LogP contribution in [0.4, 0.5) is 0 Å². The largest absolute Gasteiger partial charge is 0.305 e. The summed E-state index contributed by atoms with van der Waals surface area (Å²) in [5, 5.41) is 3.01. The molecular weight excluding hydrogens is 224 g/mol. The van der Waals surface area contributed by atoms with E-state index in [2.05, 4.69) is 10.3 Å². The number of rotatable bonds is 4. The van der Waals surface area contributed by atoms with Gasteiger partial charge in [0, 0.05) is 6.42 Å². The Morgan fingerprint density at radius 1 is 1.56 bits per heavy atom. The Labute approximate surface area is 100 Å². The zero-order valence-corrected chi connectivity index (χ0v) is 10.8. The minimum Gasteiger partial charge on any atom is -0.305 e. The van der Waals surface area contributed by atoms with Crippen molar-refractivity contribution in [2.24, 2.45) is 10.9 Å². The molecule has 0 fully saturated rings. The van der Waals surface area contributed by atoms with Crippen LogP contribution in [0.25, 0.3) is 0 Å². The van der Waals surface area contributed by atoms with Gasteiger partial charge < -0.3 is 5.32 Å². The maximum absolute atomic E-state index is 11.5. The lowest BCUT2D eigenvalue weighted by atomic mass is 10.1. The molecule has 5 heteroatoms.